The Morgan fingerprint density at radius 1 is 1.38 bits per heavy atom. The molecule has 0 aliphatic heterocycles. The fraction of sp³-hybridized carbons (Fsp3) is 0.462. The van der Waals surface area contributed by atoms with E-state index in [1.165, 1.54) is 0 Å². The molecule has 0 aliphatic rings. The summed E-state index contributed by atoms with van der Waals surface area (Å²) in [5.41, 5.74) is 0.839. The normalized spacial score (nSPS) is 14.2. The molecule has 0 fully saturated rings. The second kappa shape index (κ2) is 5.66. The minimum atomic E-state index is -0.637. The van der Waals surface area contributed by atoms with Crippen molar-refractivity contribution in [1.82, 2.24) is 4.90 Å². The number of aliphatic hydroxyl groups is 1. The first-order chi connectivity index (χ1) is 7.57. The maximum absolute atomic E-state index is 11.5. The average Bonchev–Trinajstić information content (AvgIpc) is 2.36. The Bertz CT molecular complexity index is 337. The Hall–Kier alpha value is -1.35. The van der Waals surface area contributed by atoms with Crippen molar-refractivity contribution < 1.29 is 9.90 Å². The quantitative estimate of drug-likeness (QED) is 0.844. The minimum Gasteiger partial charge on any atom is -0.386 e. The van der Waals surface area contributed by atoms with Crippen LogP contribution in [0.4, 0.5) is 0 Å². The van der Waals surface area contributed by atoms with E-state index in [4.69, 9.17) is 0 Å². The summed E-state index contributed by atoms with van der Waals surface area (Å²) in [6.45, 7) is 3.67. The van der Waals surface area contributed by atoms with Crippen LogP contribution < -0.4 is 0 Å². The van der Waals surface area contributed by atoms with E-state index in [0.717, 1.165) is 5.56 Å². The van der Waals surface area contributed by atoms with Crippen LogP contribution in [-0.2, 0) is 4.79 Å². The SMILES string of the molecule is CCC(=O)N(C)[C@H](C)[C@@H](O)c1ccccc1. The van der Waals surface area contributed by atoms with Gasteiger partial charge in [0.05, 0.1) is 12.1 Å². The fourth-order valence-corrected chi connectivity index (χ4v) is 1.62. The van der Waals surface area contributed by atoms with Crippen LogP contribution in [0.2, 0.25) is 0 Å². The summed E-state index contributed by atoms with van der Waals surface area (Å²) in [7, 11) is 1.72. The van der Waals surface area contributed by atoms with Gasteiger partial charge in [0.25, 0.3) is 0 Å². The first kappa shape index (κ1) is 12.7. The van der Waals surface area contributed by atoms with Crippen LogP contribution in [0.3, 0.4) is 0 Å². The second-order valence-electron chi connectivity index (χ2n) is 3.95. The molecule has 1 aromatic carbocycles. The van der Waals surface area contributed by atoms with E-state index >= 15 is 0 Å². The molecule has 0 aromatic heterocycles. The molecule has 0 saturated heterocycles. The van der Waals surface area contributed by atoms with Crippen molar-refractivity contribution in [2.45, 2.75) is 32.4 Å². The third-order valence-electron chi connectivity index (χ3n) is 2.90. The van der Waals surface area contributed by atoms with Gasteiger partial charge in [0.1, 0.15) is 0 Å². The molecule has 0 unspecified atom stereocenters. The van der Waals surface area contributed by atoms with E-state index < -0.39 is 6.10 Å². The molecule has 1 amide bonds. The number of hydrogen-bond acceptors (Lipinski definition) is 2. The number of carbonyl (C=O) groups is 1. The Balaban J connectivity index is 2.74. The van der Waals surface area contributed by atoms with Gasteiger partial charge in [0.2, 0.25) is 5.91 Å². The number of benzene rings is 1. The zero-order chi connectivity index (χ0) is 12.1. The van der Waals surface area contributed by atoms with Gasteiger partial charge in [-0.1, -0.05) is 37.3 Å². The van der Waals surface area contributed by atoms with Crippen LogP contribution in [0.1, 0.15) is 31.9 Å². The summed E-state index contributed by atoms with van der Waals surface area (Å²) in [5, 5.41) is 10.1. The molecule has 0 spiro atoms. The van der Waals surface area contributed by atoms with E-state index in [1.807, 2.05) is 44.2 Å². The number of likely N-dealkylation sites (N-methyl/N-ethyl adjacent to an activating group) is 1. The molecule has 2 atom stereocenters. The smallest absolute Gasteiger partial charge is 0.222 e. The predicted octanol–water partition coefficient (Wildman–Crippen LogP) is 1.98. The lowest BCUT2D eigenvalue weighted by Crippen LogP contribution is -2.38. The third-order valence-corrected chi connectivity index (χ3v) is 2.90. The molecule has 0 heterocycles. The van der Waals surface area contributed by atoms with Gasteiger partial charge < -0.3 is 10.0 Å². The van der Waals surface area contributed by atoms with E-state index in [9.17, 15) is 9.90 Å². The molecule has 1 rings (SSSR count). The van der Waals surface area contributed by atoms with E-state index in [2.05, 4.69) is 0 Å². The summed E-state index contributed by atoms with van der Waals surface area (Å²) >= 11 is 0. The van der Waals surface area contributed by atoms with Crippen LogP contribution in [0.5, 0.6) is 0 Å². The van der Waals surface area contributed by atoms with Crippen LogP contribution in [0, 0.1) is 0 Å². The largest absolute Gasteiger partial charge is 0.386 e. The maximum Gasteiger partial charge on any atom is 0.222 e. The average molecular weight is 221 g/mol. The molecule has 16 heavy (non-hydrogen) atoms. The minimum absolute atomic E-state index is 0.0440. The lowest BCUT2D eigenvalue weighted by molar-refractivity contribution is -0.133. The van der Waals surface area contributed by atoms with Gasteiger partial charge in [-0.15, -0.1) is 0 Å². The van der Waals surface area contributed by atoms with Crippen LogP contribution in [0.15, 0.2) is 30.3 Å². The molecule has 1 aromatic rings. The van der Waals surface area contributed by atoms with Crippen molar-refractivity contribution in [1.29, 1.82) is 0 Å². The Morgan fingerprint density at radius 3 is 2.44 bits per heavy atom. The molecule has 0 bridgehead atoms. The maximum atomic E-state index is 11.5. The molecule has 0 aliphatic carbocycles. The topological polar surface area (TPSA) is 40.5 Å². The first-order valence-electron chi connectivity index (χ1n) is 5.56. The molecule has 88 valence electrons. The van der Waals surface area contributed by atoms with E-state index in [1.54, 1.807) is 11.9 Å². The van der Waals surface area contributed by atoms with Gasteiger partial charge in [0.15, 0.2) is 0 Å². The zero-order valence-corrected chi connectivity index (χ0v) is 10.1. The van der Waals surface area contributed by atoms with Crippen molar-refractivity contribution in [3.8, 4) is 0 Å². The van der Waals surface area contributed by atoms with Crippen molar-refractivity contribution >= 4 is 5.91 Å². The highest BCUT2D eigenvalue weighted by atomic mass is 16.3. The first-order valence-corrected chi connectivity index (χ1v) is 5.56. The molecule has 1 N–H and O–H groups in total. The number of amides is 1. The summed E-state index contributed by atoms with van der Waals surface area (Å²) < 4.78 is 0. The molecule has 3 nitrogen and oxygen atoms in total. The summed E-state index contributed by atoms with van der Waals surface area (Å²) in [6.07, 6.45) is -0.177. The molecule has 3 heteroatoms. The predicted molar refractivity (Wildman–Crippen MR) is 63.9 cm³/mol. The van der Waals surface area contributed by atoms with Gasteiger partial charge in [-0.2, -0.15) is 0 Å². The van der Waals surface area contributed by atoms with Gasteiger partial charge >= 0.3 is 0 Å². The number of aliphatic hydroxyl groups excluding tert-OH is 1. The highest BCUT2D eigenvalue weighted by molar-refractivity contribution is 5.75. The number of nitrogens with zero attached hydrogens (tertiary/aromatic N) is 1. The van der Waals surface area contributed by atoms with Gasteiger partial charge in [-0.05, 0) is 12.5 Å². The number of carbonyl (C=O) groups excluding carboxylic acids is 1. The molecular weight excluding hydrogens is 202 g/mol. The standard InChI is InChI=1S/C13H19NO2/c1-4-12(15)14(3)10(2)13(16)11-8-6-5-7-9-11/h5-10,13,16H,4H2,1-3H3/t10-,13-/m1/s1. The van der Waals surface area contributed by atoms with Crippen molar-refractivity contribution in [3.05, 3.63) is 35.9 Å². The Kier molecular flexibility index (Phi) is 4.50. The third kappa shape index (κ3) is 2.83. The van der Waals surface area contributed by atoms with Crippen molar-refractivity contribution in [2.24, 2.45) is 0 Å². The second-order valence-corrected chi connectivity index (χ2v) is 3.95. The zero-order valence-electron chi connectivity index (χ0n) is 10.1. The van der Waals surface area contributed by atoms with Crippen molar-refractivity contribution in [2.75, 3.05) is 7.05 Å². The van der Waals surface area contributed by atoms with Crippen LogP contribution in [0.25, 0.3) is 0 Å². The Labute approximate surface area is 96.7 Å². The van der Waals surface area contributed by atoms with Gasteiger partial charge in [0, 0.05) is 13.5 Å². The van der Waals surface area contributed by atoms with E-state index in [0.29, 0.717) is 6.42 Å². The number of hydrogen-bond donors (Lipinski definition) is 1. The molecule has 0 radical (unpaired) electrons. The molecule has 0 saturated carbocycles. The lowest BCUT2D eigenvalue weighted by atomic mass is 10.0. The highest BCUT2D eigenvalue weighted by Crippen LogP contribution is 2.19. The van der Waals surface area contributed by atoms with Gasteiger partial charge in [-0.3, -0.25) is 4.79 Å². The highest BCUT2D eigenvalue weighted by Gasteiger charge is 2.22. The fourth-order valence-electron chi connectivity index (χ4n) is 1.62. The van der Waals surface area contributed by atoms with E-state index in [-0.39, 0.29) is 11.9 Å². The van der Waals surface area contributed by atoms with Crippen LogP contribution >= 0.6 is 0 Å². The number of rotatable bonds is 4. The summed E-state index contributed by atoms with van der Waals surface area (Å²) in [6, 6.07) is 9.19. The Morgan fingerprint density at radius 2 is 1.94 bits per heavy atom. The molecular formula is C13H19NO2. The monoisotopic (exact) mass is 221 g/mol. The summed E-state index contributed by atoms with van der Waals surface area (Å²) in [4.78, 5) is 13.1. The lowest BCUT2D eigenvalue weighted by Gasteiger charge is -2.29. The van der Waals surface area contributed by atoms with Crippen LogP contribution in [-0.4, -0.2) is 29.0 Å². The van der Waals surface area contributed by atoms with Crippen molar-refractivity contribution in [3.63, 3.8) is 0 Å². The van der Waals surface area contributed by atoms with Gasteiger partial charge in [-0.25, -0.2) is 0 Å². The summed E-state index contributed by atoms with van der Waals surface area (Å²) in [5.74, 6) is 0.0440.